The molecule has 0 amide bonds. The zero-order chi connectivity index (χ0) is 14.5. The van der Waals surface area contributed by atoms with E-state index in [2.05, 4.69) is 30.4 Å². The van der Waals surface area contributed by atoms with Gasteiger partial charge in [0.2, 0.25) is 0 Å². The molecule has 2 aliphatic heterocycles. The van der Waals surface area contributed by atoms with E-state index in [1.165, 1.54) is 24.0 Å². The lowest BCUT2D eigenvalue weighted by Gasteiger charge is -2.22. The van der Waals surface area contributed by atoms with Crippen LogP contribution in [0.1, 0.15) is 56.2 Å². The summed E-state index contributed by atoms with van der Waals surface area (Å²) in [5, 5.41) is 3.70. The second kappa shape index (κ2) is 7.28. The number of para-hydroxylation sites is 1. The fourth-order valence-electron chi connectivity index (χ4n) is 3.43. The monoisotopic (exact) mass is 289 g/mol. The SMILES string of the molecule is CCCNC(CCC1CCCO1)c1cccc2c1OCC2. The summed E-state index contributed by atoms with van der Waals surface area (Å²) in [6.45, 7) is 5.05. The van der Waals surface area contributed by atoms with E-state index >= 15 is 0 Å². The quantitative estimate of drug-likeness (QED) is 0.831. The lowest BCUT2D eigenvalue weighted by Crippen LogP contribution is -2.24. The van der Waals surface area contributed by atoms with Crippen LogP contribution in [0.2, 0.25) is 0 Å². The minimum absolute atomic E-state index is 0.391. The summed E-state index contributed by atoms with van der Waals surface area (Å²) in [5.41, 5.74) is 2.71. The van der Waals surface area contributed by atoms with Crippen LogP contribution in [0.3, 0.4) is 0 Å². The smallest absolute Gasteiger partial charge is 0.127 e. The van der Waals surface area contributed by atoms with Crippen LogP contribution >= 0.6 is 0 Å². The average Bonchev–Trinajstić information content (AvgIpc) is 3.18. The van der Waals surface area contributed by atoms with Crippen molar-refractivity contribution < 1.29 is 9.47 Å². The van der Waals surface area contributed by atoms with Crippen LogP contribution in [0.5, 0.6) is 5.75 Å². The number of rotatable bonds is 7. The highest BCUT2D eigenvalue weighted by atomic mass is 16.5. The molecule has 0 bridgehead atoms. The summed E-state index contributed by atoms with van der Waals surface area (Å²) in [7, 11) is 0. The van der Waals surface area contributed by atoms with Gasteiger partial charge in [0.05, 0.1) is 12.7 Å². The molecule has 3 heteroatoms. The van der Waals surface area contributed by atoms with Crippen molar-refractivity contribution in [1.82, 2.24) is 5.32 Å². The Labute approximate surface area is 128 Å². The van der Waals surface area contributed by atoms with E-state index in [0.717, 1.165) is 51.2 Å². The summed E-state index contributed by atoms with van der Waals surface area (Å²) in [5.74, 6) is 1.14. The van der Waals surface area contributed by atoms with Crippen molar-refractivity contribution in [1.29, 1.82) is 0 Å². The maximum atomic E-state index is 5.89. The van der Waals surface area contributed by atoms with Crippen LogP contribution < -0.4 is 10.1 Å². The number of benzene rings is 1. The largest absolute Gasteiger partial charge is 0.493 e. The molecule has 1 fully saturated rings. The molecule has 0 saturated carbocycles. The molecule has 0 spiro atoms. The first-order valence-electron chi connectivity index (χ1n) is 8.48. The summed E-state index contributed by atoms with van der Waals surface area (Å²) in [6, 6.07) is 6.99. The summed E-state index contributed by atoms with van der Waals surface area (Å²) < 4.78 is 11.7. The number of hydrogen-bond acceptors (Lipinski definition) is 3. The highest BCUT2D eigenvalue weighted by Crippen LogP contribution is 2.35. The zero-order valence-corrected chi connectivity index (χ0v) is 13.1. The van der Waals surface area contributed by atoms with Crippen molar-refractivity contribution in [3.8, 4) is 5.75 Å². The average molecular weight is 289 g/mol. The second-order valence-electron chi connectivity index (χ2n) is 6.15. The van der Waals surface area contributed by atoms with Crippen LogP contribution in [0, 0.1) is 0 Å². The first kappa shape index (κ1) is 14.9. The van der Waals surface area contributed by atoms with E-state index in [1.54, 1.807) is 0 Å². The Morgan fingerprint density at radius 2 is 2.29 bits per heavy atom. The van der Waals surface area contributed by atoms with Crippen molar-refractivity contribution in [2.24, 2.45) is 0 Å². The van der Waals surface area contributed by atoms with Gasteiger partial charge in [0.1, 0.15) is 5.75 Å². The molecule has 116 valence electrons. The molecule has 2 aliphatic rings. The molecule has 2 heterocycles. The standard InChI is InChI=1S/C18H27NO2/c1-2-11-19-17(9-8-15-6-4-12-20-15)16-7-3-5-14-10-13-21-18(14)16/h3,5,7,15,17,19H,2,4,6,8-13H2,1H3. The topological polar surface area (TPSA) is 30.5 Å². The molecule has 1 N–H and O–H groups in total. The molecule has 2 atom stereocenters. The van der Waals surface area contributed by atoms with E-state index in [-0.39, 0.29) is 0 Å². The Hall–Kier alpha value is -1.06. The fourth-order valence-corrected chi connectivity index (χ4v) is 3.43. The fraction of sp³-hybridized carbons (Fsp3) is 0.667. The highest BCUT2D eigenvalue weighted by molar-refractivity contribution is 5.45. The molecule has 0 aliphatic carbocycles. The Kier molecular flexibility index (Phi) is 5.15. The van der Waals surface area contributed by atoms with Crippen LogP contribution in [-0.4, -0.2) is 25.9 Å². The van der Waals surface area contributed by atoms with Crippen LogP contribution in [-0.2, 0) is 11.2 Å². The molecule has 3 rings (SSSR count). The van der Waals surface area contributed by atoms with Crippen LogP contribution in [0.15, 0.2) is 18.2 Å². The Morgan fingerprint density at radius 3 is 3.10 bits per heavy atom. The van der Waals surface area contributed by atoms with Gasteiger partial charge < -0.3 is 14.8 Å². The highest BCUT2D eigenvalue weighted by Gasteiger charge is 2.23. The second-order valence-corrected chi connectivity index (χ2v) is 6.15. The van der Waals surface area contributed by atoms with Crippen molar-refractivity contribution >= 4 is 0 Å². The van der Waals surface area contributed by atoms with Gasteiger partial charge in [-0.3, -0.25) is 0 Å². The van der Waals surface area contributed by atoms with Gasteiger partial charge in [0.25, 0.3) is 0 Å². The van der Waals surface area contributed by atoms with Gasteiger partial charge in [-0.15, -0.1) is 0 Å². The molecular formula is C18H27NO2. The maximum absolute atomic E-state index is 5.89. The normalized spacial score (nSPS) is 22.0. The molecule has 3 nitrogen and oxygen atoms in total. The predicted octanol–water partition coefficient (Wildman–Crippen LogP) is 3.62. The van der Waals surface area contributed by atoms with Crippen LogP contribution in [0.4, 0.5) is 0 Å². The van der Waals surface area contributed by atoms with Gasteiger partial charge in [0, 0.05) is 24.6 Å². The Balaban J connectivity index is 1.70. The summed E-state index contributed by atoms with van der Waals surface area (Å²) in [6.07, 6.45) is 7.40. The van der Waals surface area contributed by atoms with Crippen molar-refractivity contribution in [3.05, 3.63) is 29.3 Å². The van der Waals surface area contributed by atoms with Gasteiger partial charge in [-0.25, -0.2) is 0 Å². The third-order valence-electron chi connectivity index (χ3n) is 4.56. The molecule has 2 unspecified atom stereocenters. The minimum Gasteiger partial charge on any atom is -0.493 e. The van der Waals surface area contributed by atoms with E-state index < -0.39 is 0 Å². The maximum Gasteiger partial charge on any atom is 0.127 e. The predicted molar refractivity (Wildman–Crippen MR) is 84.9 cm³/mol. The van der Waals surface area contributed by atoms with E-state index in [4.69, 9.17) is 9.47 Å². The van der Waals surface area contributed by atoms with Crippen LogP contribution in [0.25, 0.3) is 0 Å². The third kappa shape index (κ3) is 3.58. The van der Waals surface area contributed by atoms with Gasteiger partial charge in [-0.2, -0.15) is 0 Å². The zero-order valence-electron chi connectivity index (χ0n) is 13.1. The van der Waals surface area contributed by atoms with Crippen molar-refractivity contribution in [2.45, 2.75) is 57.6 Å². The molecule has 0 aromatic heterocycles. The first-order valence-corrected chi connectivity index (χ1v) is 8.48. The third-order valence-corrected chi connectivity index (χ3v) is 4.56. The molecule has 1 aromatic carbocycles. The summed E-state index contributed by atoms with van der Waals surface area (Å²) >= 11 is 0. The molecule has 1 aromatic rings. The van der Waals surface area contributed by atoms with Gasteiger partial charge in [0.15, 0.2) is 0 Å². The van der Waals surface area contributed by atoms with Crippen molar-refractivity contribution in [3.63, 3.8) is 0 Å². The molecule has 21 heavy (non-hydrogen) atoms. The van der Waals surface area contributed by atoms with Crippen molar-refractivity contribution in [2.75, 3.05) is 19.8 Å². The van der Waals surface area contributed by atoms with E-state index in [9.17, 15) is 0 Å². The molecule has 1 saturated heterocycles. The number of ether oxygens (including phenoxy) is 2. The lowest BCUT2D eigenvalue weighted by atomic mass is 9.96. The van der Waals surface area contributed by atoms with Gasteiger partial charge in [-0.1, -0.05) is 25.1 Å². The molecule has 0 radical (unpaired) electrons. The molecular weight excluding hydrogens is 262 g/mol. The van der Waals surface area contributed by atoms with E-state index in [1.807, 2.05) is 0 Å². The van der Waals surface area contributed by atoms with Gasteiger partial charge in [-0.05, 0) is 44.2 Å². The van der Waals surface area contributed by atoms with Gasteiger partial charge >= 0.3 is 0 Å². The lowest BCUT2D eigenvalue weighted by molar-refractivity contribution is 0.0995. The summed E-state index contributed by atoms with van der Waals surface area (Å²) in [4.78, 5) is 0. The number of hydrogen-bond donors (Lipinski definition) is 1. The Morgan fingerprint density at radius 1 is 1.33 bits per heavy atom. The first-order chi connectivity index (χ1) is 10.4. The minimum atomic E-state index is 0.391. The number of fused-ring (bicyclic) bond motifs is 1. The number of nitrogens with one attached hydrogen (secondary N) is 1. The van der Waals surface area contributed by atoms with E-state index in [0.29, 0.717) is 12.1 Å². The Bertz CT molecular complexity index is 455.